The molecule has 10 aromatic carbocycles. The van der Waals surface area contributed by atoms with Crippen LogP contribution in [0.4, 0.5) is 11.4 Å². The zero-order chi connectivity index (χ0) is 41.3. The van der Waals surface area contributed by atoms with Crippen LogP contribution in [0.5, 0.6) is 0 Å². The van der Waals surface area contributed by atoms with Gasteiger partial charge < -0.3 is 5.32 Å². The van der Waals surface area contributed by atoms with Gasteiger partial charge in [-0.15, -0.1) is 0 Å². The molecule has 14 rings (SSSR count). The van der Waals surface area contributed by atoms with Crippen LogP contribution >= 0.6 is 0 Å². The standard InChI is InChI=1S/C62H39N/c1-7-19-53-45(13-1)46-14-2-8-20-54(46)61(53)57-23-11-5-17-49(57)51-35-29-41(37-59(51)61)39-25-31-43(32-26-39)63-44-33-27-40(28-34-44)42-30-36-52-50-18-6-12-24-58(50)62(60(52)38-42)55-21-9-3-15-47(55)48-16-4-10-22-56(48)62/h1-38,63H. The zero-order valence-corrected chi connectivity index (χ0v) is 34.4. The van der Waals surface area contributed by atoms with E-state index in [-0.39, 0.29) is 10.8 Å². The summed E-state index contributed by atoms with van der Waals surface area (Å²) in [4.78, 5) is 0. The second-order valence-electron chi connectivity index (χ2n) is 17.6. The molecular weight excluding hydrogens is 759 g/mol. The molecule has 63 heavy (non-hydrogen) atoms. The highest BCUT2D eigenvalue weighted by atomic mass is 14.9. The van der Waals surface area contributed by atoms with Gasteiger partial charge in [0.05, 0.1) is 10.8 Å². The van der Waals surface area contributed by atoms with E-state index in [1.54, 1.807) is 0 Å². The van der Waals surface area contributed by atoms with Crippen LogP contribution in [0.25, 0.3) is 66.8 Å². The smallest absolute Gasteiger partial charge is 0.0725 e. The van der Waals surface area contributed by atoms with Crippen molar-refractivity contribution in [1.29, 1.82) is 0 Å². The number of nitrogens with one attached hydrogen (secondary N) is 1. The van der Waals surface area contributed by atoms with Gasteiger partial charge in [0.2, 0.25) is 0 Å². The fourth-order valence-electron chi connectivity index (χ4n) is 12.2. The molecule has 10 aromatic rings. The molecule has 0 atom stereocenters. The van der Waals surface area contributed by atoms with E-state index in [1.807, 2.05) is 0 Å². The minimum absolute atomic E-state index is 0.345. The molecule has 0 saturated carbocycles. The highest BCUT2D eigenvalue weighted by Gasteiger charge is 2.53. The summed E-state index contributed by atoms with van der Waals surface area (Å²) in [6.07, 6.45) is 0. The lowest BCUT2D eigenvalue weighted by Crippen LogP contribution is -2.25. The van der Waals surface area contributed by atoms with Gasteiger partial charge in [-0.1, -0.05) is 194 Å². The maximum Gasteiger partial charge on any atom is 0.0725 e. The van der Waals surface area contributed by atoms with Crippen LogP contribution in [-0.4, -0.2) is 0 Å². The lowest BCUT2D eigenvalue weighted by molar-refractivity contribution is 0.794. The Balaban J connectivity index is 0.784. The summed E-state index contributed by atoms with van der Waals surface area (Å²) in [5, 5.41) is 3.69. The van der Waals surface area contributed by atoms with Crippen LogP contribution in [0.15, 0.2) is 231 Å². The SMILES string of the molecule is c1ccc2c(c1)-c1ccccc1C21c2ccccc2-c2ccc(-c3ccc(Nc4ccc(-c5ccc6c(c5)C5(c7ccccc7-c7ccccc75)c5ccccc5-6)cc4)cc3)cc21. The van der Waals surface area contributed by atoms with Crippen LogP contribution in [-0.2, 0) is 10.8 Å². The van der Waals surface area contributed by atoms with Gasteiger partial charge in [-0.25, -0.2) is 0 Å². The first-order valence-electron chi connectivity index (χ1n) is 22.1. The van der Waals surface area contributed by atoms with Crippen LogP contribution in [0.2, 0.25) is 0 Å². The summed E-state index contributed by atoms with van der Waals surface area (Å²) in [7, 11) is 0. The maximum absolute atomic E-state index is 3.69. The first-order valence-corrected chi connectivity index (χ1v) is 22.1. The van der Waals surface area contributed by atoms with E-state index >= 15 is 0 Å². The Bertz CT molecular complexity index is 3170. The van der Waals surface area contributed by atoms with Crippen molar-refractivity contribution in [2.75, 3.05) is 5.32 Å². The van der Waals surface area contributed by atoms with Gasteiger partial charge in [-0.05, 0) is 148 Å². The van der Waals surface area contributed by atoms with Gasteiger partial charge in [0.15, 0.2) is 0 Å². The number of anilines is 2. The molecule has 0 radical (unpaired) electrons. The van der Waals surface area contributed by atoms with Gasteiger partial charge >= 0.3 is 0 Å². The van der Waals surface area contributed by atoms with Crippen molar-refractivity contribution in [3.8, 4) is 66.8 Å². The summed E-state index contributed by atoms with van der Waals surface area (Å²) in [5.74, 6) is 0. The summed E-state index contributed by atoms with van der Waals surface area (Å²) < 4.78 is 0. The molecule has 0 aromatic heterocycles. The molecule has 0 heterocycles. The topological polar surface area (TPSA) is 12.0 Å². The predicted molar refractivity (Wildman–Crippen MR) is 260 cm³/mol. The van der Waals surface area contributed by atoms with Gasteiger partial charge in [-0.3, -0.25) is 0 Å². The van der Waals surface area contributed by atoms with Crippen molar-refractivity contribution in [3.05, 3.63) is 275 Å². The van der Waals surface area contributed by atoms with Gasteiger partial charge in [0.25, 0.3) is 0 Å². The first-order chi connectivity index (χ1) is 31.2. The van der Waals surface area contributed by atoms with E-state index < -0.39 is 0 Å². The number of hydrogen-bond acceptors (Lipinski definition) is 1. The van der Waals surface area contributed by atoms with E-state index in [1.165, 1.54) is 111 Å². The molecule has 4 aliphatic rings. The Kier molecular flexibility index (Phi) is 7.03. The van der Waals surface area contributed by atoms with Crippen molar-refractivity contribution in [3.63, 3.8) is 0 Å². The molecule has 0 amide bonds. The molecule has 0 aliphatic heterocycles. The number of benzene rings is 10. The number of hydrogen-bond donors (Lipinski definition) is 1. The molecule has 0 fully saturated rings. The van der Waals surface area contributed by atoms with Gasteiger partial charge in [0, 0.05) is 11.4 Å². The third-order valence-corrected chi connectivity index (χ3v) is 14.7. The highest BCUT2D eigenvalue weighted by Crippen LogP contribution is 2.64. The second kappa shape index (κ2) is 12.8. The fourth-order valence-corrected chi connectivity index (χ4v) is 12.2. The van der Waals surface area contributed by atoms with Crippen molar-refractivity contribution >= 4 is 11.4 Å². The Hall–Kier alpha value is -8.00. The van der Waals surface area contributed by atoms with Crippen molar-refractivity contribution in [1.82, 2.24) is 0 Å². The average molecular weight is 798 g/mol. The second-order valence-corrected chi connectivity index (χ2v) is 17.6. The van der Waals surface area contributed by atoms with Crippen LogP contribution in [0.3, 0.4) is 0 Å². The minimum Gasteiger partial charge on any atom is -0.356 e. The third kappa shape index (κ3) is 4.51. The molecule has 292 valence electrons. The van der Waals surface area contributed by atoms with Gasteiger partial charge in [0.1, 0.15) is 0 Å². The molecule has 4 aliphatic carbocycles. The van der Waals surface area contributed by atoms with Crippen LogP contribution in [0, 0.1) is 0 Å². The summed E-state index contributed by atoms with van der Waals surface area (Å²) >= 11 is 0. The number of fused-ring (bicyclic) bond motifs is 20. The van der Waals surface area contributed by atoms with E-state index in [2.05, 4.69) is 236 Å². The molecule has 1 nitrogen and oxygen atoms in total. The molecule has 1 heteroatoms. The van der Waals surface area contributed by atoms with Crippen LogP contribution < -0.4 is 5.32 Å². The monoisotopic (exact) mass is 797 g/mol. The molecule has 1 N–H and O–H groups in total. The molecule has 0 unspecified atom stereocenters. The molecule has 2 spiro atoms. The fraction of sp³-hybridized carbons (Fsp3) is 0.0323. The quantitative estimate of drug-likeness (QED) is 0.187. The zero-order valence-electron chi connectivity index (χ0n) is 34.4. The normalized spacial score (nSPS) is 14.3. The Morgan fingerprint density at radius 2 is 0.444 bits per heavy atom. The highest BCUT2D eigenvalue weighted by molar-refractivity contribution is 5.97. The molecular formula is C62H39N. The summed E-state index contributed by atoms with van der Waals surface area (Å²) in [6, 6.07) is 86.1. The Morgan fingerprint density at radius 3 is 0.730 bits per heavy atom. The van der Waals surface area contributed by atoms with Crippen molar-refractivity contribution in [2.45, 2.75) is 10.8 Å². The molecule has 0 saturated heterocycles. The summed E-state index contributed by atoms with van der Waals surface area (Å²) in [5.41, 5.74) is 27.9. The van der Waals surface area contributed by atoms with Gasteiger partial charge in [-0.2, -0.15) is 0 Å². The maximum atomic E-state index is 3.69. The Labute approximate surface area is 367 Å². The van der Waals surface area contributed by atoms with Crippen molar-refractivity contribution < 1.29 is 0 Å². The number of rotatable bonds is 4. The van der Waals surface area contributed by atoms with E-state index in [0.717, 1.165) is 11.4 Å². The van der Waals surface area contributed by atoms with E-state index in [4.69, 9.17) is 0 Å². The lowest BCUT2D eigenvalue weighted by Gasteiger charge is -2.30. The first kappa shape index (κ1) is 34.7. The van der Waals surface area contributed by atoms with E-state index in [9.17, 15) is 0 Å². The predicted octanol–water partition coefficient (Wildman–Crippen LogP) is 15.5. The summed E-state index contributed by atoms with van der Waals surface area (Å²) in [6.45, 7) is 0. The average Bonchev–Trinajstić information content (AvgIpc) is 4.03. The largest absolute Gasteiger partial charge is 0.356 e. The Morgan fingerprint density at radius 1 is 0.206 bits per heavy atom. The van der Waals surface area contributed by atoms with Crippen LogP contribution in [0.1, 0.15) is 44.5 Å². The van der Waals surface area contributed by atoms with E-state index in [0.29, 0.717) is 0 Å². The lowest BCUT2D eigenvalue weighted by atomic mass is 9.70. The van der Waals surface area contributed by atoms with Crippen molar-refractivity contribution in [2.24, 2.45) is 0 Å². The molecule has 0 bridgehead atoms. The minimum atomic E-state index is -0.345. The third-order valence-electron chi connectivity index (χ3n) is 14.7.